The molecule has 0 aliphatic rings. The molecule has 0 unspecified atom stereocenters. The van der Waals surface area contributed by atoms with E-state index in [0.717, 1.165) is 11.1 Å². The first-order valence-electron chi connectivity index (χ1n) is 7.25. The van der Waals surface area contributed by atoms with Crippen LogP contribution in [0, 0.1) is 0 Å². The van der Waals surface area contributed by atoms with Crippen LogP contribution in [0.5, 0.6) is 0 Å². The third kappa shape index (κ3) is 3.60. The third-order valence-corrected chi connectivity index (χ3v) is 3.47. The molecular formula is C17H16N4O2. The van der Waals surface area contributed by atoms with E-state index in [1.807, 2.05) is 37.3 Å². The highest BCUT2D eigenvalue weighted by atomic mass is 16.5. The molecule has 0 bridgehead atoms. The molecule has 2 aromatic heterocycles. The number of pyridine rings is 1. The first kappa shape index (κ1) is 14.9. The topological polar surface area (TPSA) is 69.9 Å². The first-order valence-corrected chi connectivity index (χ1v) is 7.25. The van der Waals surface area contributed by atoms with Gasteiger partial charge < -0.3 is 4.74 Å². The molecule has 0 radical (unpaired) electrons. The van der Waals surface area contributed by atoms with E-state index in [9.17, 15) is 4.79 Å². The predicted octanol–water partition coefficient (Wildman–Crippen LogP) is 2.64. The van der Waals surface area contributed by atoms with Gasteiger partial charge in [0.2, 0.25) is 0 Å². The van der Waals surface area contributed by atoms with Gasteiger partial charge in [-0.3, -0.25) is 4.98 Å². The molecule has 116 valence electrons. The number of aromatic nitrogens is 4. The van der Waals surface area contributed by atoms with Crippen LogP contribution in [-0.2, 0) is 11.3 Å². The maximum atomic E-state index is 12.5. The van der Waals surface area contributed by atoms with Gasteiger partial charge in [-0.15, -0.1) is 0 Å². The van der Waals surface area contributed by atoms with Gasteiger partial charge in [-0.05, 0) is 24.6 Å². The van der Waals surface area contributed by atoms with E-state index in [0.29, 0.717) is 12.1 Å². The highest BCUT2D eigenvalue weighted by Crippen LogP contribution is 2.19. The van der Waals surface area contributed by atoms with E-state index in [2.05, 4.69) is 15.1 Å². The molecule has 0 saturated carbocycles. The lowest BCUT2D eigenvalue weighted by atomic mass is 10.1. The molecule has 0 saturated heterocycles. The van der Waals surface area contributed by atoms with Gasteiger partial charge in [0.05, 0.1) is 12.1 Å². The minimum absolute atomic E-state index is 0.364. The van der Waals surface area contributed by atoms with Crippen LogP contribution < -0.4 is 0 Å². The molecule has 0 amide bonds. The molecule has 0 N–H and O–H groups in total. The van der Waals surface area contributed by atoms with Crippen molar-refractivity contribution in [2.75, 3.05) is 0 Å². The SMILES string of the molecule is C[C@H](OC(=O)c1ccccc1Cn1cncn1)c1cccnc1. The van der Waals surface area contributed by atoms with Crippen LogP contribution in [0.2, 0.25) is 0 Å². The van der Waals surface area contributed by atoms with Crippen molar-refractivity contribution in [1.82, 2.24) is 19.7 Å². The quantitative estimate of drug-likeness (QED) is 0.678. The summed E-state index contributed by atoms with van der Waals surface area (Å²) in [5.74, 6) is -0.364. The molecule has 0 spiro atoms. The zero-order valence-corrected chi connectivity index (χ0v) is 12.7. The van der Waals surface area contributed by atoms with Gasteiger partial charge in [-0.1, -0.05) is 24.3 Å². The highest BCUT2D eigenvalue weighted by Gasteiger charge is 2.17. The summed E-state index contributed by atoms with van der Waals surface area (Å²) in [7, 11) is 0. The number of rotatable bonds is 5. The van der Waals surface area contributed by atoms with E-state index in [1.165, 1.54) is 6.33 Å². The highest BCUT2D eigenvalue weighted by molar-refractivity contribution is 5.91. The van der Waals surface area contributed by atoms with Gasteiger partial charge in [-0.25, -0.2) is 14.5 Å². The molecule has 0 aliphatic carbocycles. The molecular weight excluding hydrogens is 292 g/mol. The van der Waals surface area contributed by atoms with E-state index in [4.69, 9.17) is 4.74 Å². The van der Waals surface area contributed by atoms with Crippen molar-refractivity contribution in [1.29, 1.82) is 0 Å². The summed E-state index contributed by atoms with van der Waals surface area (Å²) < 4.78 is 7.22. The van der Waals surface area contributed by atoms with Gasteiger partial charge >= 0.3 is 5.97 Å². The number of carbonyl (C=O) groups is 1. The van der Waals surface area contributed by atoms with E-state index < -0.39 is 0 Å². The molecule has 1 aromatic carbocycles. The van der Waals surface area contributed by atoms with Crippen LogP contribution in [0.25, 0.3) is 0 Å². The lowest BCUT2D eigenvalue weighted by Crippen LogP contribution is -2.13. The minimum atomic E-state index is -0.365. The molecule has 3 aromatic rings. The van der Waals surface area contributed by atoms with Gasteiger partial charge in [0.15, 0.2) is 0 Å². The molecule has 1 atom stereocenters. The summed E-state index contributed by atoms with van der Waals surface area (Å²) in [6, 6.07) is 11.0. The zero-order valence-electron chi connectivity index (χ0n) is 12.7. The first-order chi connectivity index (χ1) is 11.2. The van der Waals surface area contributed by atoms with Crippen molar-refractivity contribution in [2.24, 2.45) is 0 Å². The zero-order chi connectivity index (χ0) is 16.1. The van der Waals surface area contributed by atoms with Crippen molar-refractivity contribution in [3.63, 3.8) is 0 Å². The summed E-state index contributed by atoms with van der Waals surface area (Å²) in [6.07, 6.45) is 6.09. The van der Waals surface area contributed by atoms with Crippen molar-refractivity contribution in [3.05, 3.63) is 78.1 Å². The summed E-state index contributed by atoms with van der Waals surface area (Å²) in [6.45, 7) is 2.29. The molecule has 6 heteroatoms. The lowest BCUT2D eigenvalue weighted by Gasteiger charge is -2.15. The maximum absolute atomic E-state index is 12.5. The van der Waals surface area contributed by atoms with Crippen LogP contribution in [0.4, 0.5) is 0 Å². The largest absolute Gasteiger partial charge is 0.454 e. The third-order valence-electron chi connectivity index (χ3n) is 3.47. The Balaban J connectivity index is 1.77. The Kier molecular flexibility index (Phi) is 4.42. The fourth-order valence-corrected chi connectivity index (χ4v) is 2.25. The lowest BCUT2D eigenvalue weighted by molar-refractivity contribution is 0.0336. The van der Waals surface area contributed by atoms with Crippen molar-refractivity contribution < 1.29 is 9.53 Å². The molecule has 0 aliphatic heterocycles. The maximum Gasteiger partial charge on any atom is 0.339 e. The number of ether oxygens (including phenoxy) is 1. The predicted molar refractivity (Wildman–Crippen MR) is 83.6 cm³/mol. The number of nitrogens with zero attached hydrogens (tertiary/aromatic N) is 4. The van der Waals surface area contributed by atoms with Crippen molar-refractivity contribution in [3.8, 4) is 0 Å². The number of esters is 1. The number of carbonyl (C=O) groups excluding carboxylic acids is 1. The Hall–Kier alpha value is -3.02. The van der Waals surface area contributed by atoms with E-state index in [1.54, 1.807) is 29.5 Å². The summed E-state index contributed by atoms with van der Waals surface area (Å²) in [4.78, 5) is 20.4. The normalized spacial score (nSPS) is 11.9. The van der Waals surface area contributed by atoms with Gasteiger partial charge in [0.1, 0.15) is 18.8 Å². The molecule has 6 nitrogen and oxygen atoms in total. The number of hydrogen-bond donors (Lipinski definition) is 0. The number of benzene rings is 1. The monoisotopic (exact) mass is 308 g/mol. The second kappa shape index (κ2) is 6.83. The standard InChI is InChI=1S/C17H16N4O2/c1-13(14-6-4-8-18-9-14)23-17(22)16-7-3-2-5-15(16)10-21-12-19-11-20-21/h2-9,11-13H,10H2,1H3/t13-/m0/s1. The molecule has 23 heavy (non-hydrogen) atoms. The van der Waals surface area contributed by atoms with Crippen LogP contribution in [0.1, 0.15) is 34.5 Å². The Bertz CT molecular complexity index is 772. The van der Waals surface area contributed by atoms with Crippen LogP contribution in [0.3, 0.4) is 0 Å². The van der Waals surface area contributed by atoms with Gasteiger partial charge in [-0.2, -0.15) is 5.10 Å². The van der Waals surface area contributed by atoms with Crippen molar-refractivity contribution in [2.45, 2.75) is 19.6 Å². The molecule has 2 heterocycles. The van der Waals surface area contributed by atoms with Gasteiger partial charge in [0, 0.05) is 18.0 Å². The summed E-state index contributed by atoms with van der Waals surface area (Å²) >= 11 is 0. The van der Waals surface area contributed by atoms with Crippen molar-refractivity contribution >= 4 is 5.97 Å². The number of hydrogen-bond acceptors (Lipinski definition) is 5. The average Bonchev–Trinajstić information content (AvgIpc) is 3.09. The summed E-state index contributed by atoms with van der Waals surface area (Å²) in [5, 5.41) is 4.07. The Morgan fingerprint density at radius 1 is 1.22 bits per heavy atom. The fourth-order valence-electron chi connectivity index (χ4n) is 2.25. The fraction of sp³-hybridized carbons (Fsp3) is 0.176. The van der Waals surface area contributed by atoms with Crippen LogP contribution in [0.15, 0.2) is 61.4 Å². The second-order valence-electron chi connectivity index (χ2n) is 5.08. The Labute approximate surface area is 133 Å². The average molecular weight is 308 g/mol. The smallest absolute Gasteiger partial charge is 0.339 e. The van der Waals surface area contributed by atoms with E-state index in [-0.39, 0.29) is 12.1 Å². The molecule has 0 fully saturated rings. The molecule has 3 rings (SSSR count). The van der Waals surface area contributed by atoms with Crippen LogP contribution in [-0.4, -0.2) is 25.7 Å². The second-order valence-corrected chi connectivity index (χ2v) is 5.08. The van der Waals surface area contributed by atoms with E-state index >= 15 is 0 Å². The van der Waals surface area contributed by atoms with Crippen LogP contribution >= 0.6 is 0 Å². The minimum Gasteiger partial charge on any atom is -0.454 e. The Morgan fingerprint density at radius 3 is 2.83 bits per heavy atom. The summed E-state index contributed by atoms with van der Waals surface area (Å²) in [5.41, 5.74) is 2.22. The van der Waals surface area contributed by atoms with Gasteiger partial charge in [0.25, 0.3) is 0 Å². The Morgan fingerprint density at radius 2 is 2.09 bits per heavy atom.